The van der Waals surface area contributed by atoms with Crippen LogP contribution in [0, 0.1) is 6.92 Å². The van der Waals surface area contributed by atoms with Crippen LogP contribution in [0.15, 0.2) is 10.7 Å². The highest BCUT2D eigenvalue weighted by molar-refractivity contribution is 5.89. The van der Waals surface area contributed by atoms with Gasteiger partial charge in [0.05, 0.1) is 18.2 Å². The van der Waals surface area contributed by atoms with Gasteiger partial charge in [0.15, 0.2) is 0 Å². The molecule has 0 aromatic carbocycles. The summed E-state index contributed by atoms with van der Waals surface area (Å²) in [6.07, 6.45) is 1.13. The van der Waals surface area contributed by atoms with E-state index in [9.17, 15) is 9.59 Å². The van der Waals surface area contributed by atoms with Crippen molar-refractivity contribution in [3.8, 4) is 0 Å². The smallest absolute Gasteiger partial charge is 0.323 e. The van der Waals surface area contributed by atoms with Gasteiger partial charge < -0.3 is 15.3 Å². The number of nitrogens with two attached hydrogens (primary N) is 1. The molecule has 3 N–H and O–H groups in total. The molecule has 1 atom stereocenters. The van der Waals surface area contributed by atoms with Crippen LogP contribution < -0.4 is 10.6 Å². The number of rotatable bonds is 4. The number of primary amides is 1. The number of aryl methyl sites for hydroxylation is 1. The van der Waals surface area contributed by atoms with Gasteiger partial charge in [-0.05, 0) is 13.8 Å². The lowest BCUT2D eigenvalue weighted by Crippen LogP contribution is -2.43. The minimum atomic E-state index is -1.03. The Balaban J connectivity index is 2.91. The zero-order chi connectivity index (χ0) is 12.3. The predicted molar refractivity (Wildman–Crippen MR) is 55.0 cm³/mol. The molecule has 16 heavy (non-hydrogen) atoms. The predicted octanol–water partition coefficient (Wildman–Crippen LogP) is 0.731. The first-order chi connectivity index (χ1) is 7.41. The Morgan fingerprint density at radius 1 is 1.69 bits per heavy atom. The fourth-order valence-electron chi connectivity index (χ4n) is 1.30. The summed E-state index contributed by atoms with van der Waals surface area (Å²) in [4.78, 5) is 26.7. The van der Waals surface area contributed by atoms with E-state index in [1.54, 1.807) is 13.8 Å². The van der Waals surface area contributed by atoms with E-state index in [1.807, 2.05) is 0 Å². The lowest BCUT2D eigenvalue weighted by Gasteiger charge is -2.22. The standard InChI is InChI=1S/C9H13N3O4/c1-5-4-16-9(11-5)12(8(10)15)6(2)3-7(13)14/h4,6H,3H2,1-2H3,(H2,10,15)(H,13,14). The molecule has 7 heteroatoms. The van der Waals surface area contributed by atoms with E-state index in [0.717, 1.165) is 4.90 Å². The van der Waals surface area contributed by atoms with Crippen molar-refractivity contribution < 1.29 is 19.1 Å². The van der Waals surface area contributed by atoms with Crippen LogP contribution in [0.3, 0.4) is 0 Å². The zero-order valence-electron chi connectivity index (χ0n) is 9.01. The van der Waals surface area contributed by atoms with Gasteiger partial charge in [-0.15, -0.1) is 0 Å². The molecule has 0 aliphatic rings. The number of carbonyl (C=O) groups excluding carboxylic acids is 1. The summed E-state index contributed by atoms with van der Waals surface area (Å²) in [6.45, 7) is 3.24. The molecule has 1 unspecified atom stereocenters. The van der Waals surface area contributed by atoms with Crippen LogP contribution >= 0.6 is 0 Å². The second kappa shape index (κ2) is 4.65. The summed E-state index contributed by atoms with van der Waals surface area (Å²) >= 11 is 0. The summed E-state index contributed by atoms with van der Waals surface area (Å²) < 4.78 is 5.01. The maximum Gasteiger partial charge on any atom is 0.323 e. The van der Waals surface area contributed by atoms with Crippen molar-refractivity contribution >= 4 is 18.0 Å². The molecule has 2 amide bonds. The van der Waals surface area contributed by atoms with Gasteiger partial charge in [-0.1, -0.05) is 0 Å². The van der Waals surface area contributed by atoms with Gasteiger partial charge in [-0.25, -0.2) is 9.69 Å². The quantitative estimate of drug-likeness (QED) is 0.787. The van der Waals surface area contributed by atoms with E-state index in [1.165, 1.54) is 6.26 Å². The van der Waals surface area contributed by atoms with Gasteiger partial charge in [0.2, 0.25) is 0 Å². The number of urea groups is 1. The number of amides is 2. The first-order valence-corrected chi connectivity index (χ1v) is 4.64. The minimum Gasteiger partial charge on any atom is -0.481 e. The average Bonchev–Trinajstić information content (AvgIpc) is 2.49. The van der Waals surface area contributed by atoms with Gasteiger partial charge in [-0.2, -0.15) is 4.98 Å². The van der Waals surface area contributed by atoms with Gasteiger partial charge in [-0.3, -0.25) is 4.79 Å². The third-order valence-corrected chi connectivity index (χ3v) is 1.96. The van der Waals surface area contributed by atoms with Crippen molar-refractivity contribution in [1.82, 2.24) is 4.98 Å². The van der Waals surface area contributed by atoms with Crippen LogP contribution in [-0.4, -0.2) is 28.1 Å². The summed E-state index contributed by atoms with van der Waals surface area (Å²) in [5.41, 5.74) is 5.74. The second-order valence-electron chi connectivity index (χ2n) is 3.43. The maximum atomic E-state index is 11.2. The highest BCUT2D eigenvalue weighted by Crippen LogP contribution is 2.17. The Bertz CT molecular complexity index is 401. The molecule has 0 fully saturated rings. The molecule has 1 aromatic heterocycles. The Hall–Kier alpha value is -2.05. The normalized spacial score (nSPS) is 12.1. The first kappa shape index (κ1) is 12.0. The van der Waals surface area contributed by atoms with Gasteiger partial charge in [0.1, 0.15) is 6.26 Å². The van der Waals surface area contributed by atoms with Gasteiger partial charge in [0.25, 0.3) is 0 Å². The Morgan fingerprint density at radius 3 is 2.69 bits per heavy atom. The van der Waals surface area contributed by atoms with Crippen molar-refractivity contribution in [1.29, 1.82) is 0 Å². The SMILES string of the molecule is Cc1coc(N(C(N)=O)C(C)CC(=O)O)n1. The van der Waals surface area contributed by atoms with Crippen molar-refractivity contribution in [2.45, 2.75) is 26.3 Å². The number of oxazole rings is 1. The molecule has 7 nitrogen and oxygen atoms in total. The topological polar surface area (TPSA) is 110 Å². The molecular formula is C9H13N3O4. The number of carboxylic acid groups (broad SMARTS) is 1. The largest absolute Gasteiger partial charge is 0.481 e. The van der Waals surface area contributed by atoms with E-state index in [0.29, 0.717) is 5.69 Å². The van der Waals surface area contributed by atoms with Crippen LogP contribution in [0.5, 0.6) is 0 Å². The van der Waals surface area contributed by atoms with Crippen molar-refractivity contribution in [2.24, 2.45) is 5.73 Å². The van der Waals surface area contributed by atoms with Crippen LogP contribution in [-0.2, 0) is 4.79 Å². The third-order valence-electron chi connectivity index (χ3n) is 1.96. The lowest BCUT2D eigenvalue weighted by atomic mass is 10.2. The highest BCUT2D eigenvalue weighted by atomic mass is 16.4. The Morgan fingerprint density at radius 2 is 2.31 bits per heavy atom. The summed E-state index contributed by atoms with van der Waals surface area (Å²) in [5.74, 6) is -1.03. The second-order valence-corrected chi connectivity index (χ2v) is 3.43. The van der Waals surface area contributed by atoms with E-state index >= 15 is 0 Å². The number of hydrogen-bond acceptors (Lipinski definition) is 4. The lowest BCUT2D eigenvalue weighted by molar-refractivity contribution is -0.137. The number of nitrogens with zero attached hydrogens (tertiary/aromatic N) is 2. The van der Waals surface area contributed by atoms with Crippen LogP contribution in [0.4, 0.5) is 10.8 Å². The van der Waals surface area contributed by atoms with Crippen LogP contribution in [0.1, 0.15) is 19.0 Å². The molecule has 1 aromatic rings. The molecular weight excluding hydrogens is 214 g/mol. The van der Waals surface area contributed by atoms with E-state index in [4.69, 9.17) is 15.3 Å². The molecule has 0 aliphatic carbocycles. The summed E-state index contributed by atoms with van der Waals surface area (Å²) in [7, 11) is 0. The molecule has 0 saturated carbocycles. The van der Waals surface area contributed by atoms with Crippen molar-refractivity contribution in [3.63, 3.8) is 0 Å². The monoisotopic (exact) mass is 227 g/mol. The van der Waals surface area contributed by atoms with Crippen LogP contribution in [0.2, 0.25) is 0 Å². The number of aliphatic carboxylic acids is 1. The van der Waals surface area contributed by atoms with E-state index < -0.39 is 18.0 Å². The average molecular weight is 227 g/mol. The molecule has 88 valence electrons. The first-order valence-electron chi connectivity index (χ1n) is 4.64. The van der Waals surface area contributed by atoms with E-state index in [-0.39, 0.29) is 12.4 Å². The van der Waals surface area contributed by atoms with Crippen molar-refractivity contribution in [3.05, 3.63) is 12.0 Å². The fraction of sp³-hybridized carbons (Fsp3) is 0.444. The molecule has 0 bridgehead atoms. The van der Waals surface area contributed by atoms with Gasteiger partial charge in [0, 0.05) is 0 Å². The number of carbonyl (C=O) groups is 2. The Labute approximate surface area is 91.9 Å². The molecule has 0 saturated heterocycles. The fourth-order valence-corrected chi connectivity index (χ4v) is 1.30. The maximum absolute atomic E-state index is 11.2. The van der Waals surface area contributed by atoms with Gasteiger partial charge >= 0.3 is 18.0 Å². The number of aromatic nitrogens is 1. The number of carboxylic acids is 1. The Kier molecular flexibility index (Phi) is 3.49. The molecule has 1 heterocycles. The number of anilines is 1. The summed E-state index contributed by atoms with van der Waals surface area (Å²) in [5, 5.41) is 8.64. The minimum absolute atomic E-state index is 0.0127. The molecule has 1 rings (SSSR count). The third kappa shape index (κ3) is 2.72. The highest BCUT2D eigenvalue weighted by Gasteiger charge is 2.25. The van der Waals surface area contributed by atoms with E-state index in [2.05, 4.69) is 4.98 Å². The molecule has 0 spiro atoms. The number of hydrogen-bond donors (Lipinski definition) is 2. The van der Waals surface area contributed by atoms with Crippen molar-refractivity contribution in [2.75, 3.05) is 4.90 Å². The van der Waals surface area contributed by atoms with Crippen LogP contribution in [0.25, 0.3) is 0 Å². The molecule has 0 radical (unpaired) electrons. The zero-order valence-corrected chi connectivity index (χ0v) is 9.01. The summed E-state index contributed by atoms with van der Waals surface area (Å²) in [6, 6.07) is -1.40. The molecule has 0 aliphatic heterocycles.